The van der Waals surface area contributed by atoms with Crippen LogP contribution in [0.5, 0.6) is 0 Å². The third-order valence-electron chi connectivity index (χ3n) is 2.30. The van der Waals surface area contributed by atoms with Crippen LogP contribution in [0.4, 0.5) is 0 Å². The number of hydrogen-bond acceptors (Lipinski definition) is 3. The average Bonchev–Trinajstić information content (AvgIpc) is 2.67. The van der Waals surface area contributed by atoms with E-state index in [1.165, 1.54) is 0 Å². The lowest BCUT2D eigenvalue weighted by Crippen LogP contribution is -2.22. The summed E-state index contributed by atoms with van der Waals surface area (Å²) in [6.45, 7) is 1.62. The van der Waals surface area contributed by atoms with E-state index in [9.17, 15) is 0 Å². The Bertz CT molecular complexity index is 270. The first kappa shape index (κ1) is 8.97. The minimum atomic E-state index is 0.373. The quantitative estimate of drug-likeness (QED) is 0.679. The molecule has 0 amide bonds. The lowest BCUT2D eigenvalue weighted by atomic mass is 10.1. The number of hydrogen-bond donors (Lipinski definition) is 0. The van der Waals surface area contributed by atoms with Crippen LogP contribution in [0.25, 0.3) is 0 Å². The van der Waals surface area contributed by atoms with Crippen molar-refractivity contribution < 1.29 is 4.74 Å². The van der Waals surface area contributed by atoms with Crippen molar-refractivity contribution in [1.29, 1.82) is 0 Å². The average molecular weight is 202 g/mol. The molecule has 0 bridgehead atoms. The first-order chi connectivity index (χ1) is 6.42. The van der Waals surface area contributed by atoms with Crippen molar-refractivity contribution in [2.75, 3.05) is 13.2 Å². The SMILES string of the molecule is ClCc1nncn1C1CCCOC1. The number of nitrogens with zero attached hydrogens (tertiary/aromatic N) is 3. The highest BCUT2D eigenvalue weighted by atomic mass is 35.5. The number of halogens is 1. The summed E-state index contributed by atoms with van der Waals surface area (Å²) in [6.07, 6.45) is 3.96. The van der Waals surface area contributed by atoms with Crippen LogP contribution in [0.2, 0.25) is 0 Å². The van der Waals surface area contributed by atoms with E-state index in [2.05, 4.69) is 10.2 Å². The van der Waals surface area contributed by atoms with E-state index >= 15 is 0 Å². The summed E-state index contributed by atoms with van der Waals surface area (Å²) in [4.78, 5) is 0. The Balaban J connectivity index is 2.13. The van der Waals surface area contributed by atoms with E-state index in [0.717, 1.165) is 31.9 Å². The molecular weight excluding hydrogens is 190 g/mol. The summed E-state index contributed by atoms with van der Waals surface area (Å²) in [5.41, 5.74) is 0. The van der Waals surface area contributed by atoms with Crippen molar-refractivity contribution in [1.82, 2.24) is 14.8 Å². The molecule has 1 aromatic heterocycles. The molecule has 0 N–H and O–H groups in total. The number of alkyl halides is 1. The monoisotopic (exact) mass is 201 g/mol. The van der Waals surface area contributed by atoms with Gasteiger partial charge in [-0.1, -0.05) is 0 Å². The lowest BCUT2D eigenvalue weighted by molar-refractivity contribution is 0.0583. The van der Waals surface area contributed by atoms with Crippen LogP contribution in [0.15, 0.2) is 6.33 Å². The van der Waals surface area contributed by atoms with Gasteiger partial charge in [0.2, 0.25) is 0 Å². The van der Waals surface area contributed by atoms with E-state index in [4.69, 9.17) is 16.3 Å². The second-order valence-electron chi connectivity index (χ2n) is 3.16. The van der Waals surface area contributed by atoms with Gasteiger partial charge in [-0.25, -0.2) is 0 Å². The molecule has 2 heterocycles. The number of rotatable bonds is 2. The molecule has 4 nitrogen and oxygen atoms in total. The maximum absolute atomic E-state index is 5.73. The fraction of sp³-hybridized carbons (Fsp3) is 0.750. The zero-order valence-corrected chi connectivity index (χ0v) is 8.07. The molecule has 1 unspecified atom stereocenters. The van der Waals surface area contributed by atoms with Gasteiger partial charge >= 0.3 is 0 Å². The van der Waals surface area contributed by atoms with Gasteiger partial charge in [0, 0.05) is 6.61 Å². The van der Waals surface area contributed by atoms with Crippen LogP contribution in [0, 0.1) is 0 Å². The molecule has 0 spiro atoms. The Hall–Kier alpha value is -0.610. The van der Waals surface area contributed by atoms with Gasteiger partial charge in [0.05, 0.1) is 18.5 Å². The summed E-state index contributed by atoms with van der Waals surface area (Å²) < 4.78 is 7.41. The van der Waals surface area contributed by atoms with E-state index < -0.39 is 0 Å². The second kappa shape index (κ2) is 4.07. The Labute approximate surface area is 81.9 Å². The summed E-state index contributed by atoms with van der Waals surface area (Å²) >= 11 is 5.73. The van der Waals surface area contributed by atoms with E-state index in [-0.39, 0.29) is 0 Å². The Morgan fingerprint density at radius 2 is 2.62 bits per heavy atom. The third-order valence-corrected chi connectivity index (χ3v) is 2.54. The first-order valence-electron chi connectivity index (χ1n) is 4.44. The minimum absolute atomic E-state index is 0.373. The van der Waals surface area contributed by atoms with Crippen molar-refractivity contribution in [2.24, 2.45) is 0 Å². The Morgan fingerprint density at radius 1 is 1.69 bits per heavy atom. The molecule has 1 aliphatic heterocycles. The summed E-state index contributed by atoms with van der Waals surface area (Å²) in [5, 5.41) is 7.78. The fourth-order valence-corrected chi connectivity index (χ4v) is 1.80. The normalized spacial score (nSPS) is 23.3. The summed E-state index contributed by atoms with van der Waals surface area (Å²) in [5.74, 6) is 1.24. The molecule has 1 aliphatic rings. The van der Waals surface area contributed by atoms with Crippen LogP contribution in [0.3, 0.4) is 0 Å². The van der Waals surface area contributed by atoms with Gasteiger partial charge in [-0.15, -0.1) is 21.8 Å². The van der Waals surface area contributed by atoms with Gasteiger partial charge in [0.15, 0.2) is 0 Å². The minimum Gasteiger partial charge on any atom is -0.379 e. The first-order valence-corrected chi connectivity index (χ1v) is 4.97. The van der Waals surface area contributed by atoms with Gasteiger partial charge in [-0.05, 0) is 12.8 Å². The van der Waals surface area contributed by atoms with Crippen LogP contribution in [-0.4, -0.2) is 28.0 Å². The molecule has 1 saturated heterocycles. The van der Waals surface area contributed by atoms with Gasteiger partial charge in [0.1, 0.15) is 12.2 Å². The van der Waals surface area contributed by atoms with E-state index in [1.807, 2.05) is 4.57 Å². The zero-order valence-electron chi connectivity index (χ0n) is 7.32. The van der Waals surface area contributed by atoms with E-state index in [0.29, 0.717) is 11.9 Å². The van der Waals surface area contributed by atoms with Gasteiger partial charge in [-0.3, -0.25) is 0 Å². The van der Waals surface area contributed by atoms with Crippen LogP contribution in [-0.2, 0) is 10.6 Å². The van der Waals surface area contributed by atoms with Crippen LogP contribution in [0.1, 0.15) is 24.7 Å². The Kier molecular flexibility index (Phi) is 2.80. The molecule has 0 aliphatic carbocycles. The molecule has 0 aromatic carbocycles. The highest BCUT2D eigenvalue weighted by molar-refractivity contribution is 6.16. The molecule has 1 atom stereocenters. The van der Waals surface area contributed by atoms with Crippen molar-refractivity contribution in [3.8, 4) is 0 Å². The molecule has 72 valence electrons. The summed E-state index contributed by atoms with van der Waals surface area (Å²) in [6, 6.07) is 0.373. The number of ether oxygens (including phenoxy) is 1. The zero-order chi connectivity index (χ0) is 9.10. The van der Waals surface area contributed by atoms with Crippen LogP contribution < -0.4 is 0 Å². The highest BCUT2D eigenvalue weighted by Crippen LogP contribution is 2.20. The maximum Gasteiger partial charge on any atom is 0.148 e. The smallest absolute Gasteiger partial charge is 0.148 e. The molecule has 0 saturated carbocycles. The highest BCUT2D eigenvalue weighted by Gasteiger charge is 2.18. The molecule has 5 heteroatoms. The molecule has 2 rings (SSSR count). The third kappa shape index (κ3) is 1.84. The second-order valence-corrected chi connectivity index (χ2v) is 3.43. The maximum atomic E-state index is 5.73. The number of aromatic nitrogens is 3. The topological polar surface area (TPSA) is 39.9 Å². The standard InChI is InChI=1S/C8H12ClN3O/c9-4-8-11-10-6-12(8)7-2-1-3-13-5-7/h6-7H,1-5H2. The predicted molar refractivity (Wildman–Crippen MR) is 48.7 cm³/mol. The predicted octanol–water partition coefficient (Wildman–Crippen LogP) is 1.37. The van der Waals surface area contributed by atoms with Crippen molar-refractivity contribution in [3.05, 3.63) is 12.2 Å². The van der Waals surface area contributed by atoms with Crippen molar-refractivity contribution >= 4 is 11.6 Å². The van der Waals surface area contributed by atoms with Crippen LogP contribution >= 0.6 is 11.6 Å². The largest absolute Gasteiger partial charge is 0.379 e. The molecule has 1 fully saturated rings. The van der Waals surface area contributed by atoms with Crippen molar-refractivity contribution in [3.63, 3.8) is 0 Å². The molecule has 1 aromatic rings. The molecular formula is C8H12ClN3O. The van der Waals surface area contributed by atoms with Gasteiger partial charge < -0.3 is 9.30 Å². The van der Waals surface area contributed by atoms with Gasteiger partial charge in [-0.2, -0.15) is 0 Å². The lowest BCUT2D eigenvalue weighted by Gasteiger charge is -2.23. The van der Waals surface area contributed by atoms with Gasteiger partial charge in [0.25, 0.3) is 0 Å². The Morgan fingerprint density at radius 3 is 3.31 bits per heavy atom. The molecule has 13 heavy (non-hydrogen) atoms. The van der Waals surface area contributed by atoms with Crippen molar-refractivity contribution in [2.45, 2.75) is 24.8 Å². The molecule has 0 radical (unpaired) electrons. The fourth-order valence-electron chi connectivity index (χ4n) is 1.61. The summed E-state index contributed by atoms with van der Waals surface area (Å²) in [7, 11) is 0. The van der Waals surface area contributed by atoms with E-state index in [1.54, 1.807) is 6.33 Å².